The van der Waals surface area contributed by atoms with Gasteiger partial charge in [-0.1, -0.05) is 13.8 Å². The van der Waals surface area contributed by atoms with E-state index < -0.39 is 0 Å². The molecule has 1 aliphatic heterocycles. The van der Waals surface area contributed by atoms with Crippen LogP contribution in [0.1, 0.15) is 42.6 Å². The summed E-state index contributed by atoms with van der Waals surface area (Å²) < 4.78 is 5.38. The molecule has 2 bridgehead atoms. The summed E-state index contributed by atoms with van der Waals surface area (Å²) in [7, 11) is 3.76. The van der Waals surface area contributed by atoms with Crippen molar-refractivity contribution in [2.75, 3.05) is 20.7 Å². The molecule has 0 spiro atoms. The number of carbonyl (C=O) groups is 1. The van der Waals surface area contributed by atoms with E-state index in [0.29, 0.717) is 5.92 Å². The van der Waals surface area contributed by atoms with Crippen molar-refractivity contribution in [3.63, 3.8) is 0 Å². The second-order valence-corrected chi connectivity index (χ2v) is 6.25. The Labute approximate surface area is 120 Å². The fraction of sp³-hybridized carbons (Fsp3) is 0.588. The lowest BCUT2D eigenvalue weighted by Crippen LogP contribution is -2.60. The van der Waals surface area contributed by atoms with Crippen molar-refractivity contribution in [2.45, 2.75) is 38.1 Å². The molecule has 1 aromatic rings. The zero-order valence-electron chi connectivity index (χ0n) is 12.8. The molecule has 3 atom stereocenters. The highest BCUT2D eigenvalue weighted by molar-refractivity contribution is 6.03. The summed E-state index contributed by atoms with van der Waals surface area (Å²) in [4.78, 5) is 15.1. The summed E-state index contributed by atoms with van der Waals surface area (Å²) >= 11 is 0. The smallest absolute Gasteiger partial charge is 0.180 e. The molecule has 0 saturated carbocycles. The number of likely N-dealkylation sites (N-methyl/N-ethyl adjacent to an activating group) is 1. The van der Waals surface area contributed by atoms with E-state index in [0.717, 1.165) is 30.7 Å². The maximum Gasteiger partial charge on any atom is 0.180 e. The summed E-state index contributed by atoms with van der Waals surface area (Å²) in [6.07, 6.45) is 2.19. The Kier molecular flexibility index (Phi) is 3.13. The average molecular weight is 273 g/mol. The number of hydrogen-bond donors (Lipinski definition) is 0. The molecular formula is C17H23NO2. The minimum Gasteiger partial charge on any atom is -0.497 e. The lowest BCUT2D eigenvalue weighted by atomic mass is 9.56. The van der Waals surface area contributed by atoms with Gasteiger partial charge < -0.3 is 4.74 Å². The fourth-order valence-electron chi connectivity index (χ4n) is 4.36. The van der Waals surface area contributed by atoms with Crippen molar-refractivity contribution < 1.29 is 9.53 Å². The number of ketones is 1. The van der Waals surface area contributed by atoms with Gasteiger partial charge in [0.15, 0.2) is 5.78 Å². The molecule has 20 heavy (non-hydrogen) atoms. The van der Waals surface area contributed by atoms with Gasteiger partial charge in [0.05, 0.1) is 13.2 Å². The fourth-order valence-corrected chi connectivity index (χ4v) is 4.36. The second kappa shape index (κ2) is 4.59. The molecule has 0 unspecified atom stereocenters. The van der Waals surface area contributed by atoms with Gasteiger partial charge in [-0.15, -0.1) is 0 Å². The Morgan fingerprint density at radius 2 is 2.20 bits per heavy atom. The Balaban J connectivity index is 2.24. The third kappa shape index (κ3) is 1.59. The van der Waals surface area contributed by atoms with Gasteiger partial charge in [0.1, 0.15) is 5.75 Å². The molecule has 3 nitrogen and oxygen atoms in total. The predicted molar refractivity (Wildman–Crippen MR) is 79.5 cm³/mol. The van der Waals surface area contributed by atoms with Crippen LogP contribution in [0.5, 0.6) is 5.75 Å². The van der Waals surface area contributed by atoms with Gasteiger partial charge >= 0.3 is 0 Å². The molecule has 1 saturated heterocycles. The second-order valence-electron chi connectivity index (χ2n) is 6.25. The summed E-state index contributed by atoms with van der Waals surface area (Å²) in [5.74, 6) is 1.49. The van der Waals surface area contributed by atoms with Crippen molar-refractivity contribution in [3.05, 3.63) is 29.3 Å². The SMILES string of the molecule is CC[C@]12CCN(C)[C@H](C(=O)c3ccc(OC)cc31)[C@@H]2C. The number of ether oxygens (including phenoxy) is 1. The van der Waals surface area contributed by atoms with E-state index in [1.165, 1.54) is 5.56 Å². The number of rotatable bonds is 2. The standard InChI is InChI=1S/C17H23NO2/c1-5-17-8-9-18(3)15(11(17)2)16(19)13-7-6-12(20-4)10-14(13)17/h6-7,10-11,15H,5,8-9H2,1-4H3/t11-,15-,17+/m0/s1. The van der Waals surface area contributed by atoms with Gasteiger partial charge in [0.25, 0.3) is 0 Å². The molecule has 0 N–H and O–H groups in total. The lowest BCUT2D eigenvalue weighted by molar-refractivity contribution is 0.0329. The van der Waals surface area contributed by atoms with Crippen LogP contribution in [0.3, 0.4) is 0 Å². The van der Waals surface area contributed by atoms with Crippen LogP contribution in [0.4, 0.5) is 0 Å². The van der Waals surface area contributed by atoms with Crippen LogP contribution in [-0.2, 0) is 5.41 Å². The first-order valence-electron chi connectivity index (χ1n) is 7.48. The molecule has 1 heterocycles. The minimum atomic E-state index is 0.0320. The summed E-state index contributed by atoms with van der Waals surface area (Å²) in [5, 5.41) is 0. The lowest BCUT2D eigenvalue weighted by Gasteiger charge is -2.54. The van der Waals surface area contributed by atoms with E-state index in [4.69, 9.17) is 4.74 Å². The molecule has 0 radical (unpaired) electrons. The Morgan fingerprint density at radius 3 is 2.85 bits per heavy atom. The van der Waals surface area contributed by atoms with E-state index in [-0.39, 0.29) is 17.2 Å². The molecule has 1 fully saturated rings. The predicted octanol–water partition coefficient (Wildman–Crippen LogP) is 2.88. The van der Waals surface area contributed by atoms with Crippen LogP contribution < -0.4 is 4.74 Å². The molecule has 0 amide bonds. The zero-order chi connectivity index (χ0) is 14.5. The molecule has 108 valence electrons. The maximum absolute atomic E-state index is 12.8. The molecule has 0 aromatic heterocycles. The first-order valence-corrected chi connectivity index (χ1v) is 7.48. The van der Waals surface area contributed by atoms with Crippen LogP contribution in [0.2, 0.25) is 0 Å². The first kappa shape index (κ1) is 13.6. The largest absolute Gasteiger partial charge is 0.497 e. The monoisotopic (exact) mass is 273 g/mol. The third-order valence-electron chi connectivity index (χ3n) is 5.66. The molecule has 1 aromatic carbocycles. The molecule has 2 aliphatic rings. The molecule has 3 heteroatoms. The molecule has 3 rings (SSSR count). The Bertz CT molecular complexity index is 554. The van der Waals surface area contributed by atoms with Crippen molar-refractivity contribution in [1.82, 2.24) is 4.90 Å². The van der Waals surface area contributed by atoms with Crippen LogP contribution in [-0.4, -0.2) is 37.4 Å². The van der Waals surface area contributed by atoms with Gasteiger partial charge in [0, 0.05) is 11.0 Å². The molecular weight excluding hydrogens is 250 g/mol. The number of fused-ring (bicyclic) bond motifs is 4. The molecule has 1 aliphatic carbocycles. The van der Waals surface area contributed by atoms with E-state index in [2.05, 4.69) is 31.9 Å². The van der Waals surface area contributed by atoms with Crippen molar-refractivity contribution in [2.24, 2.45) is 5.92 Å². The van der Waals surface area contributed by atoms with Gasteiger partial charge in [-0.2, -0.15) is 0 Å². The van der Waals surface area contributed by atoms with E-state index in [9.17, 15) is 4.79 Å². The van der Waals surface area contributed by atoms with Crippen molar-refractivity contribution in [3.8, 4) is 5.75 Å². The van der Waals surface area contributed by atoms with Gasteiger partial charge in [0.2, 0.25) is 0 Å². The number of likely N-dealkylation sites (tertiary alicyclic amines) is 1. The van der Waals surface area contributed by atoms with Crippen LogP contribution in [0, 0.1) is 5.92 Å². The highest BCUT2D eigenvalue weighted by atomic mass is 16.5. The average Bonchev–Trinajstić information content (AvgIpc) is 2.46. The summed E-state index contributed by atoms with van der Waals surface area (Å²) in [6, 6.07) is 5.99. The van der Waals surface area contributed by atoms with Gasteiger partial charge in [-0.25, -0.2) is 0 Å². The van der Waals surface area contributed by atoms with Crippen molar-refractivity contribution in [1.29, 1.82) is 0 Å². The summed E-state index contributed by atoms with van der Waals surface area (Å²) in [5.41, 5.74) is 2.23. The van der Waals surface area contributed by atoms with Crippen LogP contribution in [0.25, 0.3) is 0 Å². The zero-order valence-corrected chi connectivity index (χ0v) is 12.8. The Hall–Kier alpha value is -1.35. The number of Topliss-reactive ketones (excluding diaryl/α,β-unsaturated/α-hetero) is 1. The van der Waals surface area contributed by atoms with Crippen LogP contribution >= 0.6 is 0 Å². The quantitative estimate of drug-likeness (QED) is 0.830. The highest BCUT2D eigenvalue weighted by Crippen LogP contribution is 2.51. The maximum atomic E-state index is 12.8. The normalized spacial score (nSPS) is 32.9. The minimum absolute atomic E-state index is 0.0320. The summed E-state index contributed by atoms with van der Waals surface area (Å²) in [6.45, 7) is 5.48. The number of benzene rings is 1. The topological polar surface area (TPSA) is 29.5 Å². The number of hydrogen-bond acceptors (Lipinski definition) is 3. The third-order valence-corrected chi connectivity index (χ3v) is 5.66. The van der Waals surface area contributed by atoms with E-state index in [1.807, 2.05) is 12.1 Å². The van der Waals surface area contributed by atoms with E-state index in [1.54, 1.807) is 7.11 Å². The Morgan fingerprint density at radius 1 is 1.45 bits per heavy atom. The number of piperidine rings is 1. The number of carbonyl (C=O) groups excluding carboxylic acids is 1. The van der Waals surface area contributed by atoms with Crippen LogP contribution in [0.15, 0.2) is 18.2 Å². The van der Waals surface area contributed by atoms with E-state index >= 15 is 0 Å². The number of nitrogens with zero attached hydrogens (tertiary/aromatic N) is 1. The van der Waals surface area contributed by atoms with Gasteiger partial charge in [-0.05, 0) is 56.1 Å². The highest BCUT2D eigenvalue weighted by Gasteiger charge is 2.53. The van der Waals surface area contributed by atoms with Crippen molar-refractivity contribution >= 4 is 5.78 Å². The van der Waals surface area contributed by atoms with Gasteiger partial charge in [-0.3, -0.25) is 9.69 Å². The first-order chi connectivity index (χ1) is 9.55. The number of methoxy groups -OCH3 is 1.